The van der Waals surface area contributed by atoms with Crippen LogP contribution in [0.5, 0.6) is 0 Å². The van der Waals surface area contributed by atoms with Crippen LogP contribution in [-0.4, -0.2) is 49.8 Å². The molecule has 1 aromatic heterocycles. The average Bonchev–Trinajstić information content (AvgIpc) is 3.08. The minimum atomic E-state index is -0.580. The number of benzene rings is 1. The monoisotopic (exact) mass is 407 g/mol. The number of hydrogen-bond acceptors (Lipinski definition) is 5. The summed E-state index contributed by atoms with van der Waals surface area (Å²) in [4.78, 5) is 28.6. The van der Waals surface area contributed by atoms with Gasteiger partial charge in [0.15, 0.2) is 6.61 Å². The molecule has 1 aromatic carbocycles. The molecule has 0 aliphatic carbocycles. The molecule has 1 saturated heterocycles. The summed E-state index contributed by atoms with van der Waals surface area (Å²) in [5, 5.41) is 2.71. The Hall–Kier alpha value is -2.32. The van der Waals surface area contributed by atoms with Crippen LogP contribution in [-0.2, 0) is 14.3 Å². The van der Waals surface area contributed by atoms with Crippen molar-refractivity contribution in [2.45, 2.75) is 0 Å². The molecule has 2 N–H and O–H groups in total. The van der Waals surface area contributed by atoms with Crippen molar-refractivity contribution in [3.05, 3.63) is 46.7 Å². The SMILES string of the molecule is O=C(COC(=O)c1cc(Br)c[nH]1)Nc1ccc(N2CCOCC2)cc1. The summed E-state index contributed by atoms with van der Waals surface area (Å²) in [6.07, 6.45) is 1.62. The van der Waals surface area contributed by atoms with Crippen LogP contribution in [0.4, 0.5) is 11.4 Å². The van der Waals surface area contributed by atoms with E-state index in [9.17, 15) is 9.59 Å². The first-order chi connectivity index (χ1) is 12.1. The predicted octanol–water partition coefficient (Wildman–Crippen LogP) is 2.41. The van der Waals surface area contributed by atoms with Gasteiger partial charge in [0.05, 0.1) is 13.2 Å². The van der Waals surface area contributed by atoms with E-state index in [0.29, 0.717) is 5.69 Å². The fourth-order valence-electron chi connectivity index (χ4n) is 2.47. The lowest BCUT2D eigenvalue weighted by Gasteiger charge is -2.28. The van der Waals surface area contributed by atoms with Gasteiger partial charge < -0.3 is 24.7 Å². The first-order valence-electron chi connectivity index (χ1n) is 7.85. The van der Waals surface area contributed by atoms with E-state index in [2.05, 4.69) is 31.1 Å². The Balaban J connectivity index is 1.48. The topological polar surface area (TPSA) is 83.7 Å². The number of aromatic amines is 1. The maximum Gasteiger partial charge on any atom is 0.355 e. The quantitative estimate of drug-likeness (QED) is 0.743. The smallest absolute Gasteiger partial charge is 0.355 e. The zero-order chi connectivity index (χ0) is 17.6. The molecule has 7 nitrogen and oxygen atoms in total. The average molecular weight is 408 g/mol. The fourth-order valence-corrected chi connectivity index (χ4v) is 2.81. The number of H-pyrrole nitrogens is 1. The standard InChI is InChI=1S/C17H18BrN3O4/c18-12-9-15(19-10-12)17(23)25-11-16(22)20-13-1-3-14(4-2-13)21-5-7-24-8-6-21/h1-4,9-10,19H,5-8,11H2,(H,20,22). The lowest BCUT2D eigenvalue weighted by molar-refractivity contribution is -0.119. The number of anilines is 2. The number of aromatic nitrogens is 1. The molecule has 1 fully saturated rings. The van der Waals surface area contributed by atoms with Gasteiger partial charge in [0, 0.05) is 35.1 Å². The van der Waals surface area contributed by atoms with E-state index in [-0.39, 0.29) is 12.3 Å². The maximum atomic E-state index is 11.9. The molecule has 0 radical (unpaired) electrons. The van der Waals surface area contributed by atoms with Gasteiger partial charge in [-0.3, -0.25) is 4.79 Å². The Bertz CT molecular complexity index is 739. The Morgan fingerprint density at radius 3 is 2.60 bits per heavy atom. The van der Waals surface area contributed by atoms with Gasteiger partial charge >= 0.3 is 5.97 Å². The minimum Gasteiger partial charge on any atom is -0.451 e. The van der Waals surface area contributed by atoms with Crippen LogP contribution in [0.25, 0.3) is 0 Å². The van der Waals surface area contributed by atoms with Crippen LogP contribution >= 0.6 is 15.9 Å². The number of esters is 1. The van der Waals surface area contributed by atoms with Crippen LogP contribution in [0.15, 0.2) is 41.0 Å². The minimum absolute atomic E-state index is 0.287. The number of nitrogens with one attached hydrogen (secondary N) is 2. The molecule has 132 valence electrons. The number of hydrogen-bond donors (Lipinski definition) is 2. The van der Waals surface area contributed by atoms with E-state index in [1.807, 2.05) is 24.3 Å². The highest BCUT2D eigenvalue weighted by molar-refractivity contribution is 9.10. The number of carbonyl (C=O) groups excluding carboxylic acids is 2. The zero-order valence-corrected chi connectivity index (χ0v) is 15.0. The Morgan fingerprint density at radius 2 is 1.96 bits per heavy atom. The Morgan fingerprint density at radius 1 is 1.24 bits per heavy atom. The van der Waals surface area contributed by atoms with E-state index >= 15 is 0 Å². The van der Waals surface area contributed by atoms with E-state index in [1.165, 1.54) is 0 Å². The van der Waals surface area contributed by atoms with Crippen LogP contribution in [0.3, 0.4) is 0 Å². The molecular weight excluding hydrogens is 390 g/mol. The molecule has 0 bridgehead atoms. The van der Waals surface area contributed by atoms with Gasteiger partial charge in [0.25, 0.3) is 5.91 Å². The van der Waals surface area contributed by atoms with Crippen LogP contribution in [0.2, 0.25) is 0 Å². The summed E-state index contributed by atoms with van der Waals surface area (Å²) in [5.41, 5.74) is 2.03. The lowest BCUT2D eigenvalue weighted by atomic mass is 10.2. The largest absolute Gasteiger partial charge is 0.451 e. The molecule has 8 heteroatoms. The molecule has 2 heterocycles. The number of rotatable bonds is 5. The van der Waals surface area contributed by atoms with E-state index < -0.39 is 11.9 Å². The van der Waals surface area contributed by atoms with Crippen LogP contribution in [0, 0.1) is 0 Å². The van der Waals surface area contributed by atoms with E-state index in [1.54, 1.807) is 12.3 Å². The Kier molecular flexibility index (Phi) is 5.72. The third-order valence-corrected chi connectivity index (χ3v) is 4.19. The predicted molar refractivity (Wildman–Crippen MR) is 96.9 cm³/mol. The number of amides is 1. The molecule has 0 atom stereocenters. The molecular formula is C17H18BrN3O4. The summed E-state index contributed by atoms with van der Waals surface area (Å²) in [6, 6.07) is 9.14. The van der Waals surface area contributed by atoms with Crippen molar-refractivity contribution in [1.29, 1.82) is 0 Å². The summed E-state index contributed by atoms with van der Waals surface area (Å²) in [6.45, 7) is 2.82. The van der Waals surface area contributed by atoms with Crippen molar-refractivity contribution in [3.8, 4) is 0 Å². The van der Waals surface area contributed by atoms with Gasteiger partial charge in [-0.15, -0.1) is 0 Å². The third kappa shape index (κ3) is 4.83. The van der Waals surface area contributed by atoms with Crippen molar-refractivity contribution in [2.75, 3.05) is 43.1 Å². The van der Waals surface area contributed by atoms with E-state index in [0.717, 1.165) is 36.5 Å². The van der Waals surface area contributed by atoms with Crippen LogP contribution < -0.4 is 10.2 Å². The van der Waals surface area contributed by atoms with Crippen LogP contribution in [0.1, 0.15) is 10.5 Å². The first-order valence-corrected chi connectivity index (χ1v) is 8.65. The Labute approximate surface area is 153 Å². The molecule has 1 aliphatic rings. The molecule has 2 aromatic rings. The highest BCUT2D eigenvalue weighted by Crippen LogP contribution is 2.19. The molecule has 0 unspecified atom stereocenters. The second-order valence-electron chi connectivity index (χ2n) is 5.50. The van der Waals surface area contributed by atoms with E-state index in [4.69, 9.17) is 9.47 Å². The third-order valence-electron chi connectivity index (χ3n) is 3.73. The summed E-state index contributed by atoms with van der Waals surface area (Å²) in [5.74, 6) is -0.971. The molecule has 3 rings (SSSR count). The van der Waals surface area contributed by atoms with Gasteiger partial charge in [0.1, 0.15) is 5.69 Å². The highest BCUT2D eigenvalue weighted by Gasteiger charge is 2.13. The summed E-state index contributed by atoms with van der Waals surface area (Å²) in [7, 11) is 0. The first kappa shape index (κ1) is 17.5. The van der Waals surface area contributed by atoms with Crippen molar-refractivity contribution >= 4 is 39.2 Å². The molecule has 1 amide bonds. The molecule has 0 spiro atoms. The second-order valence-corrected chi connectivity index (χ2v) is 6.42. The number of nitrogens with zero attached hydrogens (tertiary/aromatic N) is 1. The molecule has 0 saturated carbocycles. The lowest BCUT2D eigenvalue weighted by Crippen LogP contribution is -2.36. The fraction of sp³-hybridized carbons (Fsp3) is 0.294. The van der Waals surface area contributed by atoms with Crippen molar-refractivity contribution in [1.82, 2.24) is 4.98 Å². The number of carbonyl (C=O) groups is 2. The normalized spacial score (nSPS) is 14.2. The van der Waals surface area contributed by atoms with Crippen molar-refractivity contribution in [2.24, 2.45) is 0 Å². The number of ether oxygens (including phenoxy) is 2. The maximum absolute atomic E-state index is 11.9. The van der Waals surface area contributed by atoms with Gasteiger partial charge in [-0.05, 0) is 46.3 Å². The van der Waals surface area contributed by atoms with Gasteiger partial charge in [-0.25, -0.2) is 4.79 Å². The van der Waals surface area contributed by atoms with Crippen molar-refractivity contribution in [3.63, 3.8) is 0 Å². The van der Waals surface area contributed by atoms with Gasteiger partial charge in [-0.2, -0.15) is 0 Å². The zero-order valence-electron chi connectivity index (χ0n) is 13.5. The second kappa shape index (κ2) is 8.17. The summed E-state index contributed by atoms with van der Waals surface area (Å²) >= 11 is 3.23. The van der Waals surface area contributed by atoms with Gasteiger partial charge in [-0.1, -0.05) is 0 Å². The van der Waals surface area contributed by atoms with Crippen molar-refractivity contribution < 1.29 is 19.1 Å². The molecule has 25 heavy (non-hydrogen) atoms. The number of morpholine rings is 1. The molecule has 1 aliphatic heterocycles. The highest BCUT2D eigenvalue weighted by atomic mass is 79.9. The van der Waals surface area contributed by atoms with Gasteiger partial charge in [0.2, 0.25) is 0 Å². The number of halogens is 1. The summed E-state index contributed by atoms with van der Waals surface area (Å²) < 4.78 is 11.0.